The number of carbonyl (C=O) groups excluding carboxylic acids is 3. The van der Waals surface area contributed by atoms with Crippen molar-refractivity contribution in [2.45, 2.75) is 38.6 Å². The molecule has 2 heterocycles. The van der Waals surface area contributed by atoms with Gasteiger partial charge in [0.1, 0.15) is 6.04 Å². The van der Waals surface area contributed by atoms with Crippen LogP contribution in [0.1, 0.15) is 30.4 Å². The number of rotatable bonds is 6. The number of nitrogens with one attached hydrogen (secondary N) is 1. The van der Waals surface area contributed by atoms with Gasteiger partial charge in [0.25, 0.3) is 0 Å². The van der Waals surface area contributed by atoms with E-state index in [1.54, 1.807) is 4.90 Å². The Kier molecular flexibility index (Phi) is 6.35. The molecule has 4 rings (SSSR count). The van der Waals surface area contributed by atoms with E-state index >= 15 is 0 Å². The van der Waals surface area contributed by atoms with Crippen molar-refractivity contribution in [2.75, 3.05) is 24.5 Å². The number of amides is 3. The first kappa shape index (κ1) is 21.1. The highest BCUT2D eigenvalue weighted by atomic mass is 16.2. The molecule has 2 fully saturated rings. The SMILES string of the molecule is Cc1ccc(N2CC(C(=O)NC(Cc3ccccc3)C(=O)N3CCCC3)CC2=O)cc1. The molecule has 0 bridgehead atoms. The zero-order valence-electron chi connectivity index (χ0n) is 17.9. The normalized spacial score (nSPS) is 19.5. The molecule has 2 aromatic carbocycles. The van der Waals surface area contributed by atoms with Gasteiger partial charge in [-0.3, -0.25) is 14.4 Å². The Hall–Kier alpha value is -3.15. The van der Waals surface area contributed by atoms with E-state index in [0.717, 1.165) is 42.7 Å². The molecule has 0 radical (unpaired) electrons. The molecule has 0 aromatic heterocycles. The van der Waals surface area contributed by atoms with E-state index in [9.17, 15) is 14.4 Å². The number of anilines is 1. The lowest BCUT2D eigenvalue weighted by Crippen LogP contribution is -2.50. The Morgan fingerprint density at radius 3 is 2.39 bits per heavy atom. The quantitative estimate of drug-likeness (QED) is 0.783. The molecule has 0 aliphatic carbocycles. The van der Waals surface area contributed by atoms with Gasteiger partial charge in [-0.1, -0.05) is 48.0 Å². The molecule has 2 aromatic rings. The summed E-state index contributed by atoms with van der Waals surface area (Å²) >= 11 is 0. The van der Waals surface area contributed by atoms with Gasteiger partial charge < -0.3 is 15.1 Å². The minimum Gasteiger partial charge on any atom is -0.344 e. The molecule has 162 valence electrons. The average Bonchev–Trinajstić information content (AvgIpc) is 3.44. The van der Waals surface area contributed by atoms with Crippen LogP contribution < -0.4 is 10.2 Å². The van der Waals surface area contributed by atoms with Crippen molar-refractivity contribution in [3.63, 3.8) is 0 Å². The molecule has 2 aliphatic heterocycles. The van der Waals surface area contributed by atoms with Gasteiger partial charge in [-0.2, -0.15) is 0 Å². The van der Waals surface area contributed by atoms with Gasteiger partial charge in [0.05, 0.1) is 5.92 Å². The molecular weight excluding hydrogens is 390 g/mol. The average molecular weight is 420 g/mol. The van der Waals surface area contributed by atoms with Crippen molar-refractivity contribution in [1.82, 2.24) is 10.2 Å². The molecule has 31 heavy (non-hydrogen) atoms. The first-order valence-electron chi connectivity index (χ1n) is 11.0. The summed E-state index contributed by atoms with van der Waals surface area (Å²) in [6.45, 7) is 3.81. The fourth-order valence-electron chi connectivity index (χ4n) is 4.35. The summed E-state index contributed by atoms with van der Waals surface area (Å²) < 4.78 is 0. The Balaban J connectivity index is 1.45. The van der Waals surface area contributed by atoms with Crippen molar-refractivity contribution >= 4 is 23.4 Å². The highest BCUT2D eigenvalue weighted by Gasteiger charge is 2.37. The maximum atomic E-state index is 13.1. The molecule has 1 N–H and O–H groups in total. The van der Waals surface area contributed by atoms with Crippen molar-refractivity contribution < 1.29 is 14.4 Å². The van der Waals surface area contributed by atoms with E-state index in [1.165, 1.54) is 0 Å². The van der Waals surface area contributed by atoms with E-state index in [1.807, 2.05) is 66.4 Å². The van der Waals surface area contributed by atoms with Crippen LogP contribution in [0.2, 0.25) is 0 Å². The second-order valence-electron chi connectivity index (χ2n) is 8.52. The van der Waals surface area contributed by atoms with E-state index in [-0.39, 0.29) is 24.1 Å². The number of hydrogen-bond acceptors (Lipinski definition) is 3. The van der Waals surface area contributed by atoms with Crippen molar-refractivity contribution in [2.24, 2.45) is 5.92 Å². The van der Waals surface area contributed by atoms with Crippen LogP contribution in [0.25, 0.3) is 0 Å². The third-order valence-electron chi connectivity index (χ3n) is 6.16. The summed E-state index contributed by atoms with van der Waals surface area (Å²) in [6, 6.07) is 16.9. The maximum absolute atomic E-state index is 13.1. The second kappa shape index (κ2) is 9.33. The number of nitrogens with zero attached hydrogens (tertiary/aromatic N) is 2. The fraction of sp³-hybridized carbons (Fsp3) is 0.400. The van der Waals surface area contributed by atoms with Gasteiger partial charge in [0, 0.05) is 38.2 Å². The molecule has 2 unspecified atom stereocenters. The summed E-state index contributed by atoms with van der Waals surface area (Å²) in [5.41, 5.74) is 2.93. The van der Waals surface area contributed by atoms with Gasteiger partial charge in [0.2, 0.25) is 17.7 Å². The molecule has 2 saturated heterocycles. The zero-order valence-corrected chi connectivity index (χ0v) is 17.9. The molecule has 6 nitrogen and oxygen atoms in total. The highest BCUT2D eigenvalue weighted by molar-refractivity contribution is 6.01. The van der Waals surface area contributed by atoms with E-state index in [4.69, 9.17) is 0 Å². The Morgan fingerprint density at radius 1 is 1.03 bits per heavy atom. The largest absolute Gasteiger partial charge is 0.344 e. The minimum atomic E-state index is -0.614. The third kappa shape index (κ3) is 4.95. The number of aryl methyl sites for hydroxylation is 1. The second-order valence-corrected chi connectivity index (χ2v) is 8.52. The van der Waals surface area contributed by atoms with E-state index in [2.05, 4.69) is 5.32 Å². The lowest BCUT2D eigenvalue weighted by molar-refractivity contribution is -0.136. The number of hydrogen-bond donors (Lipinski definition) is 1. The van der Waals surface area contributed by atoms with Crippen molar-refractivity contribution in [3.05, 3.63) is 65.7 Å². The van der Waals surface area contributed by atoms with Crippen LogP contribution in [0.15, 0.2) is 54.6 Å². The van der Waals surface area contributed by atoms with Gasteiger partial charge in [-0.25, -0.2) is 0 Å². The van der Waals surface area contributed by atoms with Crippen LogP contribution in [-0.4, -0.2) is 48.3 Å². The van der Waals surface area contributed by atoms with Crippen LogP contribution in [-0.2, 0) is 20.8 Å². The number of carbonyl (C=O) groups is 3. The van der Waals surface area contributed by atoms with Crippen LogP contribution in [0, 0.1) is 12.8 Å². The van der Waals surface area contributed by atoms with E-state index < -0.39 is 12.0 Å². The maximum Gasteiger partial charge on any atom is 0.245 e. The van der Waals surface area contributed by atoms with Crippen molar-refractivity contribution in [1.29, 1.82) is 0 Å². The summed E-state index contributed by atoms with van der Waals surface area (Å²) in [4.78, 5) is 42.3. The lowest BCUT2D eigenvalue weighted by Gasteiger charge is -2.25. The Bertz CT molecular complexity index is 936. The lowest BCUT2D eigenvalue weighted by atomic mass is 10.0. The molecule has 3 amide bonds. The van der Waals surface area contributed by atoms with E-state index in [0.29, 0.717) is 13.0 Å². The fourth-order valence-corrected chi connectivity index (χ4v) is 4.35. The van der Waals surface area contributed by atoms with Crippen LogP contribution >= 0.6 is 0 Å². The molecule has 0 saturated carbocycles. The molecule has 2 aliphatic rings. The third-order valence-corrected chi connectivity index (χ3v) is 6.16. The zero-order chi connectivity index (χ0) is 21.8. The van der Waals surface area contributed by atoms with Gasteiger partial charge in [-0.15, -0.1) is 0 Å². The Labute approximate surface area is 183 Å². The summed E-state index contributed by atoms with van der Waals surface area (Å²) in [5, 5.41) is 2.98. The minimum absolute atomic E-state index is 0.0329. The first-order valence-corrected chi connectivity index (χ1v) is 11.0. The van der Waals surface area contributed by atoms with Gasteiger partial charge in [0.15, 0.2) is 0 Å². The molecular formula is C25H29N3O3. The first-order chi connectivity index (χ1) is 15.0. The molecule has 2 atom stereocenters. The van der Waals surface area contributed by atoms with Gasteiger partial charge >= 0.3 is 0 Å². The molecule has 6 heteroatoms. The smallest absolute Gasteiger partial charge is 0.245 e. The Morgan fingerprint density at radius 2 is 1.71 bits per heavy atom. The topological polar surface area (TPSA) is 69.7 Å². The predicted octanol–water partition coefficient (Wildman–Crippen LogP) is 2.70. The summed E-state index contributed by atoms with van der Waals surface area (Å²) in [5.74, 6) is -0.779. The van der Waals surface area contributed by atoms with Gasteiger partial charge in [-0.05, 0) is 37.5 Å². The van der Waals surface area contributed by atoms with Crippen LogP contribution in [0.4, 0.5) is 5.69 Å². The standard InChI is InChI=1S/C25H29N3O3/c1-18-9-11-21(12-10-18)28-17-20(16-23(28)29)24(30)26-22(15-19-7-3-2-4-8-19)25(31)27-13-5-6-14-27/h2-4,7-12,20,22H,5-6,13-17H2,1H3,(H,26,30). The number of benzene rings is 2. The molecule has 0 spiro atoms. The summed E-state index contributed by atoms with van der Waals surface area (Å²) in [6.07, 6.45) is 2.61. The summed E-state index contributed by atoms with van der Waals surface area (Å²) in [7, 11) is 0. The van der Waals surface area contributed by atoms with Crippen LogP contribution in [0.5, 0.6) is 0 Å². The number of likely N-dealkylation sites (tertiary alicyclic amines) is 1. The highest BCUT2D eigenvalue weighted by Crippen LogP contribution is 2.26. The van der Waals surface area contributed by atoms with Crippen molar-refractivity contribution in [3.8, 4) is 0 Å². The van der Waals surface area contributed by atoms with Crippen LogP contribution in [0.3, 0.4) is 0 Å². The monoisotopic (exact) mass is 419 g/mol. The predicted molar refractivity (Wildman–Crippen MR) is 120 cm³/mol.